The van der Waals surface area contributed by atoms with E-state index in [9.17, 15) is 8.42 Å². The molecule has 0 amide bonds. The van der Waals surface area contributed by atoms with E-state index < -0.39 is 10.0 Å². The molecule has 1 aliphatic heterocycles. The van der Waals surface area contributed by atoms with Crippen molar-refractivity contribution in [1.29, 1.82) is 0 Å². The first-order valence-electron chi connectivity index (χ1n) is 7.00. The van der Waals surface area contributed by atoms with Gasteiger partial charge in [-0.2, -0.15) is 4.31 Å². The van der Waals surface area contributed by atoms with Crippen molar-refractivity contribution in [1.82, 2.24) is 9.62 Å². The van der Waals surface area contributed by atoms with Crippen molar-refractivity contribution in [3.63, 3.8) is 0 Å². The zero-order valence-corrected chi connectivity index (χ0v) is 14.3. The van der Waals surface area contributed by atoms with Gasteiger partial charge in [-0.3, -0.25) is 0 Å². The van der Waals surface area contributed by atoms with Crippen LogP contribution in [0.25, 0.3) is 0 Å². The maximum absolute atomic E-state index is 12.9. The normalized spacial score (nSPS) is 20.2. The van der Waals surface area contributed by atoms with E-state index in [0.29, 0.717) is 24.5 Å². The van der Waals surface area contributed by atoms with Crippen molar-refractivity contribution in [3.8, 4) is 0 Å². The van der Waals surface area contributed by atoms with Crippen LogP contribution >= 0.6 is 11.3 Å². The van der Waals surface area contributed by atoms with Crippen LogP contribution in [-0.2, 0) is 16.6 Å². The summed E-state index contributed by atoms with van der Waals surface area (Å²) in [5, 5.41) is 4.99. The summed E-state index contributed by atoms with van der Waals surface area (Å²) in [6, 6.07) is 0. The number of thiophene rings is 1. The summed E-state index contributed by atoms with van der Waals surface area (Å²) in [6.45, 7) is 8.16. The highest BCUT2D eigenvalue weighted by Crippen LogP contribution is 2.35. The van der Waals surface area contributed by atoms with Gasteiger partial charge in [0.1, 0.15) is 4.90 Å². The van der Waals surface area contributed by atoms with Gasteiger partial charge in [0.2, 0.25) is 10.0 Å². The summed E-state index contributed by atoms with van der Waals surface area (Å²) in [4.78, 5) is 1.44. The lowest BCUT2D eigenvalue weighted by molar-refractivity contribution is 0.196. The molecule has 2 rings (SSSR count). The summed E-state index contributed by atoms with van der Waals surface area (Å²) in [7, 11) is -1.51. The highest BCUT2D eigenvalue weighted by Gasteiger charge is 2.35. The van der Waals surface area contributed by atoms with E-state index in [1.54, 1.807) is 4.31 Å². The lowest BCUT2D eigenvalue weighted by Gasteiger charge is -2.36. The Morgan fingerprint density at radius 3 is 2.50 bits per heavy atom. The number of sulfonamides is 1. The zero-order chi connectivity index (χ0) is 15.0. The molecule has 1 aromatic rings. The third kappa shape index (κ3) is 3.08. The van der Waals surface area contributed by atoms with Crippen LogP contribution in [0.4, 0.5) is 0 Å². The van der Waals surface area contributed by atoms with Gasteiger partial charge in [0, 0.05) is 24.5 Å². The molecule has 0 saturated carbocycles. The molecular formula is C14H24N2O2S2. The first kappa shape index (κ1) is 15.9. The van der Waals surface area contributed by atoms with Crippen molar-refractivity contribution in [2.75, 3.05) is 20.1 Å². The van der Waals surface area contributed by atoms with Gasteiger partial charge in [-0.25, -0.2) is 8.42 Å². The number of hydrogen-bond acceptors (Lipinski definition) is 4. The van der Waals surface area contributed by atoms with Gasteiger partial charge in [-0.05, 0) is 43.2 Å². The molecule has 1 saturated heterocycles. The molecule has 4 nitrogen and oxygen atoms in total. The highest BCUT2D eigenvalue weighted by atomic mass is 32.2. The van der Waals surface area contributed by atoms with E-state index in [1.165, 1.54) is 11.3 Å². The molecule has 0 atom stereocenters. The number of hydrogen-bond donors (Lipinski definition) is 1. The Bertz CT molecular complexity index is 566. The predicted octanol–water partition coefficient (Wildman–Crippen LogP) is 2.59. The van der Waals surface area contributed by atoms with Crippen molar-refractivity contribution in [2.45, 2.75) is 45.1 Å². The molecule has 0 radical (unpaired) electrons. The first-order chi connectivity index (χ1) is 9.28. The van der Waals surface area contributed by atoms with E-state index in [2.05, 4.69) is 19.2 Å². The van der Waals surface area contributed by atoms with Crippen LogP contribution < -0.4 is 5.32 Å². The molecule has 0 spiro atoms. The van der Waals surface area contributed by atoms with Crippen molar-refractivity contribution >= 4 is 21.4 Å². The first-order valence-corrected chi connectivity index (χ1v) is 9.31. The molecule has 0 bridgehead atoms. The Kier molecular flexibility index (Phi) is 4.59. The molecule has 2 heterocycles. The molecule has 0 unspecified atom stereocenters. The second kappa shape index (κ2) is 5.75. The van der Waals surface area contributed by atoms with Crippen LogP contribution in [0.1, 0.15) is 37.1 Å². The standard InChI is InChI=1S/C14H24N2O2S2/c1-11-10-19-12(9-15-4)13(11)20(17,18)16-7-5-14(2,3)6-8-16/h10,15H,5-9H2,1-4H3. The largest absolute Gasteiger partial charge is 0.315 e. The Hall–Kier alpha value is -0.430. The van der Waals surface area contributed by atoms with Gasteiger partial charge in [-0.1, -0.05) is 13.8 Å². The third-order valence-electron chi connectivity index (χ3n) is 4.00. The fraction of sp³-hybridized carbons (Fsp3) is 0.714. The monoisotopic (exact) mass is 316 g/mol. The molecule has 0 aromatic carbocycles. The molecule has 0 aliphatic carbocycles. The minimum absolute atomic E-state index is 0.253. The molecular weight excluding hydrogens is 292 g/mol. The Labute approximate surface area is 126 Å². The van der Waals surface area contributed by atoms with E-state index in [0.717, 1.165) is 23.3 Å². The van der Waals surface area contributed by atoms with Crippen LogP contribution in [0, 0.1) is 12.3 Å². The minimum atomic E-state index is -3.35. The van der Waals surface area contributed by atoms with Gasteiger partial charge < -0.3 is 5.32 Å². The summed E-state index contributed by atoms with van der Waals surface area (Å²) >= 11 is 1.52. The van der Waals surface area contributed by atoms with Gasteiger partial charge in [-0.15, -0.1) is 11.3 Å². The van der Waals surface area contributed by atoms with Gasteiger partial charge in [0.15, 0.2) is 0 Å². The lowest BCUT2D eigenvalue weighted by Crippen LogP contribution is -2.41. The van der Waals surface area contributed by atoms with Crippen molar-refractivity contribution in [3.05, 3.63) is 15.8 Å². The smallest absolute Gasteiger partial charge is 0.244 e. The SMILES string of the molecule is CNCc1scc(C)c1S(=O)(=O)N1CCC(C)(C)CC1. The zero-order valence-electron chi connectivity index (χ0n) is 12.7. The maximum Gasteiger partial charge on any atom is 0.244 e. The molecule has 6 heteroatoms. The van der Waals surface area contributed by atoms with Crippen LogP contribution in [0.2, 0.25) is 0 Å². The van der Waals surface area contributed by atoms with Gasteiger partial charge in [0.25, 0.3) is 0 Å². The second-order valence-corrected chi connectivity index (χ2v) is 9.11. The molecule has 1 aliphatic rings. The lowest BCUT2D eigenvalue weighted by atomic mass is 9.83. The summed E-state index contributed by atoms with van der Waals surface area (Å²) in [5.74, 6) is 0. The Morgan fingerprint density at radius 1 is 1.35 bits per heavy atom. The van der Waals surface area contributed by atoms with E-state index >= 15 is 0 Å². The fourth-order valence-corrected chi connectivity index (χ4v) is 5.79. The third-order valence-corrected chi connectivity index (χ3v) is 7.36. The Balaban J connectivity index is 2.29. The van der Waals surface area contributed by atoms with Gasteiger partial charge in [0.05, 0.1) is 0 Å². The number of piperidine rings is 1. The van der Waals surface area contributed by atoms with Crippen LogP contribution in [-0.4, -0.2) is 32.9 Å². The molecule has 114 valence electrons. The highest BCUT2D eigenvalue weighted by molar-refractivity contribution is 7.89. The van der Waals surface area contributed by atoms with E-state index in [4.69, 9.17) is 0 Å². The quantitative estimate of drug-likeness (QED) is 0.929. The molecule has 1 fully saturated rings. The molecule has 20 heavy (non-hydrogen) atoms. The maximum atomic E-state index is 12.9. The molecule has 1 aromatic heterocycles. The number of aryl methyl sites for hydroxylation is 1. The van der Waals surface area contributed by atoms with Crippen LogP contribution in [0.15, 0.2) is 10.3 Å². The number of nitrogens with zero attached hydrogens (tertiary/aromatic N) is 1. The second-order valence-electron chi connectivity index (χ2n) is 6.27. The number of nitrogens with one attached hydrogen (secondary N) is 1. The minimum Gasteiger partial charge on any atom is -0.315 e. The van der Waals surface area contributed by atoms with Crippen LogP contribution in [0.3, 0.4) is 0 Å². The average molecular weight is 316 g/mol. The summed E-state index contributed by atoms with van der Waals surface area (Å²) in [6.07, 6.45) is 1.85. The van der Waals surface area contributed by atoms with Gasteiger partial charge >= 0.3 is 0 Å². The summed E-state index contributed by atoms with van der Waals surface area (Å²) < 4.78 is 27.4. The number of rotatable bonds is 4. The predicted molar refractivity (Wildman–Crippen MR) is 83.6 cm³/mol. The topological polar surface area (TPSA) is 49.4 Å². The van der Waals surface area contributed by atoms with Crippen molar-refractivity contribution < 1.29 is 8.42 Å². The van der Waals surface area contributed by atoms with Crippen molar-refractivity contribution in [2.24, 2.45) is 5.41 Å². The fourth-order valence-electron chi connectivity index (χ4n) is 2.58. The molecule has 1 N–H and O–H groups in total. The van der Waals surface area contributed by atoms with Crippen LogP contribution in [0.5, 0.6) is 0 Å². The Morgan fingerprint density at radius 2 is 1.95 bits per heavy atom. The summed E-state index contributed by atoms with van der Waals surface area (Å²) in [5.41, 5.74) is 1.12. The van der Waals surface area contributed by atoms with E-state index in [-0.39, 0.29) is 5.41 Å². The average Bonchev–Trinajstić information content (AvgIpc) is 2.71. The van der Waals surface area contributed by atoms with E-state index in [1.807, 2.05) is 19.4 Å².